The number of hydrogen-bond donors (Lipinski definition) is 2. The lowest BCUT2D eigenvalue weighted by Gasteiger charge is -2.15. The van der Waals surface area contributed by atoms with E-state index in [1.54, 1.807) is 30.3 Å². The Morgan fingerprint density at radius 3 is 2.50 bits per heavy atom. The van der Waals surface area contributed by atoms with Gasteiger partial charge in [0.05, 0.1) is 11.8 Å². The normalized spacial score (nSPS) is 11.8. The Balaban J connectivity index is 1.67. The number of amides is 2. The molecule has 2 amide bonds. The van der Waals surface area contributed by atoms with E-state index in [2.05, 4.69) is 41.3 Å². The Morgan fingerprint density at radius 1 is 1.12 bits per heavy atom. The summed E-state index contributed by atoms with van der Waals surface area (Å²) in [6, 6.07) is 14.0. The zero-order chi connectivity index (χ0) is 24.7. The first-order chi connectivity index (χ1) is 16.3. The number of hydrogen-bond acceptors (Lipinski definition) is 5. The SMILES string of the molecule is C=CCn1c(SCC(=O)Nc2ccccc2C(C)C)nnc1[C@@H](C)NC(=O)c1ccc(Cl)cc1. The maximum atomic E-state index is 12.6. The van der Waals surface area contributed by atoms with Gasteiger partial charge in [-0.15, -0.1) is 16.8 Å². The minimum absolute atomic E-state index is 0.128. The number of carbonyl (C=O) groups excluding carboxylic acids is 2. The maximum absolute atomic E-state index is 12.6. The first-order valence-corrected chi connectivity index (χ1v) is 12.3. The summed E-state index contributed by atoms with van der Waals surface area (Å²) in [5.41, 5.74) is 2.40. The number of thioether (sulfide) groups is 1. The van der Waals surface area contributed by atoms with Crippen molar-refractivity contribution < 1.29 is 9.59 Å². The molecule has 0 saturated carbocycles. The molecule has 2 aromatic carbocycles. The molecule has 34 heavy (non-hydrogen) atoms. The van der Waals surface area contributed by atoms with Gasteiger partial charge in [0.15, 0.2) is 11.0 Å². The molecule has 3 rings (SSSR count). The van der Waals surface area contributed by atoms with Gasteiger partial charge in [-0.1, -0.05) is 61.5 Å². The minimum atomic E-state index is -0.406. The molecule has 178 valence electrons. The molecule has 1 atom stereocenters. The second-order valence-corrected chi connectivity index (χ2v) is 9.40. The van der Waals surface area contributed by atoms with Gasteiger partial charge in [0, 0.05) is 22.8 Å². The first kappa shape index (κ1) is 25.5. The van der Waals surface area contributed by atoms with Gasteiger partial charge in [-0.2, -0.15) is 0 Å². The van der Waals surface area contributed by atoms with E-state index >= 15 is 0 Å². The van der Waals surface area contributed by atoms with Crippen LogP contribution in [-0.4, -0.2) is 32.3 Å². The second-order valence-electron chi connectivity index (χ2n) is 8.02. The van der Waals surface area contributed by atoms with Crippen molar-refractivity contribution in [1.29, 1.82) is 0 Å². The molecule has 0 radical (unpaired) electrons. The number of rotatable bonds is 10. The van der Waals surface area contributed by atoms with E-state index in [9.17, 15) is 9.59 Å². The van der Waals surface area contributed by atoms with Gasteiger partial charge < -0.3 is 15.2 Å². The monoisotopic (exact) mass is 497 g/mol. The van der Waals surface area contributed by atoms with E-state index in [1.165, 1.54) is 11.8 Å². The molecule has 1 aromatic heterocycles. The number of para-hydroxylation sites is 1. The van der Waals surface area contributed by atoms with Crippen molar-refractivity contribution in [2.75, 3.05) is 11.1 Å². The summed E-state index contributed by atoms with van der Waals surface area (Å²) in [6.45, 7) is 10.3. The van der Waals surface area contributed by atoms with Gasteiger partial charge in [0.25, 0.3) is 5.91 Å². The zero-order valence-corrected chi connectivity index (χ0v) is 21.0. The third-order valence-electron chi connectivity index (χ3n) is 5.09. The lowest BCUT2D eigenvalue weighted by atomic mass is 10.0. The molecule has 3 aromatic rings. The van der Waals surface area contributed by atoms with E-state index in [0.717, 1.165) is 11.3 Å². The molecule has 2 N–H and O–H groups in total. The molecule has 0 spiro atoms. The molecule has 9 heteroatoms. The number of allylic oxidation sites excluding steroid dienone is 1. The van der Waals surface area contributed by atoms with Crippen molar-refractivity contribution in [3.8, 4) is 0 Å². The molecule has 0 aliphatic heterocycles. The summed E-state index contributed by atoms with van der Waals surface area (Å²) in [5.74, 6) is 0.682. The van der Waals surface area contributed by atoms with Crippen LogP contribution in [0.3, 0.4) is 0 Å². The van der Waals surface area contributed by atoms with Crippen LogP contribution in [0.5, 0.6) is 0 Å². The van der Waals surface area contributed by atoms with Gasteiger partial charge in [-0.25, -0.2) is 0 Å². The summed E-state index contributed by atoms with van der Waals surface area (Å²) in [4.78, 5) is 25.2. The molecular formula is C25H28ClN5O2S. The zero-order valence-electron chi connectivity index (χ0n) is 19.4. The first-order valence-electron chi connectivity index (χ1n) is 10.9. The maximum Gasteiger partial charge on any atom is 0.251 e. The highest BCUT2D eigenvalue weighted by atomic mass is 35.5. The Hall–Kier alpha value is -3.10. The predicted molar refractivity (Wildman–Crippen MR) is 137 cm³/mol. The molecule has 0 unspecified atom stereocenters. The smallest absolute Gasteiger partial charge is 0.251 e. The fraction of sp³-hybridized carbons (Fsp3) is 0.280. The lowest BCUT2D eigenvalue weighted by Crippen LogP contribution is -2.28. The van der Waals surface area contributed by atoms with Crippen LogP contribution >= 0.6 is 23.4 Å². The topological polar surface area (TPSA) is 88.9 Å². The Kier molecular flexibility index (Phi) is 8.90. The van der Waals surface area contributed by atoms with Crippen molar-refractivity contribution in [1.82, 2.24) is 20.1 Å². The number of aromatic nitrogens is 3. The van der Waals surface area contributed by atoms with Gasteiger partial charge >= 0.3 is 0 Å². The number of anilines is 1. The average Bonchev–Trinajstić information content (AvgIpc) is 3.21. The quantitative estimate of drug-likeness (QED) is 0.286. The summed E-state index contributed by atoms with van der Waals surface area (Å²) < 4.78 is 1.85. The fourth-order valence-corrected chi connectivity index (χ4v) is 4.29. The van der Waals surface area contributed by atoms with E-state index in [1.807, 2.05) is 35.8 Å². The minimum Gasteiger partial charge on any atom is -0.342 e. The molecule has 1 heterocycles. The van der Waals surface area contributed by atoms with Crippen molar-refractivity contribution in [2.24, 2.45) is 0 Å². The summed E-state index contributed by atoms with van der Waals surface area (Å²) in [5, 5.41) is 15.6. The molecule has 0 saturated heterocycles. The van der Waals surface area contributed by atoms with Crippen LogP contribution in [0.2, 0.25) is 5.02 Å². The van der Waals surface area contributed by atoms with Gasteiger partial charge in [-0.05, 0) is 48.7 Å². The third-order valence-corrected chi connectivity index (χ3v) is 6.31. The van der Waals surface area contributed by atoms with Crippen LogP contribution in [0.4, 0.5) is 5.69 Å². The molecular weight excluding hydrogens is 470 g/mol. The second kappa shape index (κ2) is 11.9. The molecule has 0 bridgehead atoms. The van der Waals surface area contributed by atoms with Crippen LogP contribution in [0.15, 0.2) is 66.3 Å². The summed E-state index contributed by atoms with van der Waals surface area (Å²) in [6.07, 6.45) is 1.73. The number of nitrogens with one attached hydrogen (secondary N) is 2. The van der Waals surface area contributed by atoms with Crippen molar-refractivity contribution >= 4 is 40.9 Å². The van der Waals surface area contributed by atoms with Crippen LogP contribution in [0.25, 0.3) is 0 Å². The number of benzene rings is 2. The van der Waals surface area contributed by atoms with Crippen LogP contribution in [-0.2, 0) is 11.3 Å². The van der Waals surface area contributed by atoms with Crippen molar-refractivity contribution in [3.63, 3.8) is 0 Å². The Labute approximate surface area is 209 Å². The Bertz CT molecular complexity index is 1160. The number of halogens is 1. The van der Waals surface area contributed by atoms with Crippen molar-refractivity contribution in [2.45, 2.75) is 44.4 Å². The highest BCUT2D eigenvalue weighted by Crippen LogP contribution is 2.25. The highest BCUT2D eigenvalue weighted by Gasteiger charge is 2.20. The molecule has 0 aliphatic carbocycles. The van der Waals surface area contributed by atoms with Crippen molar-refractivity contribution in [3.05, 3.63) is 83.2 Å². The summed E-state index contributed by atoms with van der Waals surface area (Å²) in [7, 11) is 0. The van der Waals surface area contributed by atoms with E-state index in [4.69, 9.17) is 11.6 Å². The molecule has 0 aliphatic rings. The molecule has 0 fully saturated rings. The summed E-state index contributed by atoms with van der Waals surface area (Å²) >= 11 is 7.19. The van der Waals surface area contributed by atoms with Crippen LogP contribution in [0.1, 0.15) is 54.5 Å². The van der Waals surface area contributed by atoms with Crippen LogP contribution < -0.4 is 10.6 Å². The van der Waals surface area contributed by atoms with E-state index in [0.29, 0.717) is 34.0 Å². The molecule has 7 nitrogen and oxygen atoms in total. The lowest BCUT2D eigenvalue weighted by molar-refractivity contribution is -0.113. The van der Waals surface area contributed by atoms with Gasteiger partial charge in [0.2, 0.25) is 5.91 Å². The van der Waals surface area contributed by atoms with Crippen LogP contribution in [0, 0.1) is 0 Å². The Morgan fingerprint density at radius 2 is 1.82 bits per heavy atom. The van der Waals surface area contributed by atoms with Gasteiger partial charge in [-0.3, -0.25) is 9.59 Å². The van der Waals surface area contributed by atoms with E-state index < -0.39 is 6.04 Å². The standard InChI is InChI=1S/C25H28ClN5O2S/c1-5-14-31-23(17(4)27-24(33)18-10-12-19(26)13-11-18)29-30-25(31)34-15-22(32)28-21-9-7-6-8-20(21)16(2)3/h5-13,16-17H,1,14-15H2,2-4H3,(H,27,33)(H,28,32)/t17-/m1/s1. The number of carbonyl (C=O) groups is 2. The highest BCUT2D eigenvalue weighted by molar-refractivity contribution is 7.99. The fourth-order valence-electron chi connectivity index (χ4n) is 3.40. The predicted octanol–water partition coefficient (Wildman–Crippen LogP) is 5.46. The number of nitrogens with zero attached hydrogens (tertiary/aromatic N) is 3. The average molecular weight is 498 g/mol. The van der Waals surface area contributed by atoms with E-state index in [-0.39, 0.29) is 17.6 Å². The third kappa shape index (κ3) is 6.48. The van der Waals surface area contributed by atoms with Gasteiger partial charge in [0.1, 0.15) is 0 Å². The largest absolute Gasteiger partial charge is 0.342 e.